The number of hydrogen-bond donors (Lipinski definition) is 3. The van der Waals surface area contributed by atoms with Gasteiger partial charge >= 0.3 is 6.01 Å². The van der Waals surface area contributed by atoms with Gasteiger partial charge in [-0.1, -0.05) is 68.4 Å². The molecule has 11 rings (SSSR count). The summed E-state index contributed by atoms with van der Waals surface area (Å²) in [5.41, 5.74) is 5.72. The van der Waals surface area contributed by atoms with Crippen LogP contribution in [0.1, 0.15) is 85.4 Å². The monoisotopic (exact) mass is 1160 g/mol. The van der Waals surface area contributed by atoms with Gasteiger partial charge in [0.15, 0.2) is 5.82 Å². The molecule has 6 aromatic rings. The number of aromatic hydroxyl groups is 2. The molecule has 84 heavy (non-hydrogen) atoms. The lowest BCUT2D eigenvalue weighted by atomic mass is 9.94. The molecule has 0 unspecified atom stereocenters. The van der Waals surface area contributed by atoms with Gasteiger partial charge in [-0.15, -0.1) is 10.2 Å². The number of nitriles is 1. The third-order valence-corrected chi connectivity index (χ3v) is 18.0. The van der Waals surface area contributed by atoms with E-state index in [0.717, 1.165) is 97.6 Å². The Morgan fingerprint density at radius 3 is 2.38 bits per heavy atom. The highest BCUT2D eigenvalue weighted by molar-refractivity contribution is 6.36. The Morgan fingerprint density at radius 1 is 0.893 bits per heavy atom. The van der Waals surface area contributed by atoms with E-state index in [1.165, 1.54) is 12.1 Å². The molecule has 0 aliphatic carbocycles. The smallest absolute Gasteiger partial charge is 0.318 e. The maximum Gasteiger partial charge on any atom is 0.318 e. The number of nitrogens with one attached hydrogen (secondary N) is 1. The minimum atomic E-state index is -0.396. The lowest BCUT2D eigenvalue weighted by Crippen LogP contribution is -2.55. The van der Waals surface area contributed by atoms with Crippen molar-refractivity contribution in [3.8, 4) is 40.7 Å². The molecule has 5 aliphatic heterocycles. The van der Waals surface area contributed by atoms with E-state index in [4.69, 9.17) is 26.3 Å². The number of benzene rings is 4. The first-order chi connectivity index (χ1) is 40.7. The molecular formula is C63H75ClN14O6. The van der Waals surface area contributed by atoms with Crippen LogP contribution in [0.5, 0.6) is 17.5 Å². The first-order valence-corrected chi connectivity index (χ1v) is 29.9. The number of nitrogens with zero attached hydrogens (tertiary/aromatic N) is 13. The molecule has 3 amide bonds. The zero-order chi connectivity index (χ0) is 58.8. The van der Waals surface area contributed by atoms with Crippen LogP contribution < -0.4 is 19.9 Å². The molecule has 0 saturated carbocycles. The van der Waals surface area contributed by atoms with E-state index >= 15 is 0 Å². The largest absolute Gasteiger partial charge is 0.508 e. The number of rotatable bonds is 16. The van der Waals surface area contributed by atoms with Crippen molar-refractivity contribution < 1.29 is 29.3 Å². The van der Waals surface area contributed by atoms with Gasteiger partial charge in [-0.25, -0.2) is 0 Å². The number of fused-ring (bicyclic) bond motifs is 2. The molecule has 21 heteroatoms. The van der Waals surface area contributed by atoms with E-state index < -0.39 is 5.91 Å². The van der Waals surface area contributed by atoms with E-state index in [2.05, 4.69) is 88.9 Å². The van der Waals surface area contributed by atoms with Gasteiger partial charge in [-0.05, 0) is 112 Å². The lowest BCUT2D eigenvalue weighted by Gasteiger charge is -2.42. The van der Waals surface area contributed by atoms with Crippen molar-refractivity contribution in [1.29, 1.82) is 5.26 Å². The first kappa shape index (κ1) is 58.0. The topological polar surface area (TPSA) is 216 Å². The van der Waals surface area contributed by atoms with Gasteiger partial charge in [0.2, 0.25) is 17.6 Å². The summed E-state index contributed by atoms with van der Waals surface area (Å²) in [6.07, 6.45) is 4.71. The number of carbonyl (C=O) groups excluding carboxylic acids is 3. The molecule has 20 nitrogen and oxygen atoms in total. The molecule has 0 bridgehead atoms. The third kappa shape index (κ3) is 12.0. The van der Waals surface area contributed by atoms with Crippen molar-refractivity contribution in [2.24, 2.45) is 5.92 Å². The number of ether oxygens (including phenoxy) is 1. The van der Waals surface area contributed by atoms with Crippen LogP contribution >= 0.6 is 11.6 Å². The van der Waals surface area contributed by atoms with Crippen LogP contribution in [-0.2, 0) is 29.1 Å². The van der Waals surface area contributed by atoms with Gasteiger partial charge < -0.3 is 39.9 Å². The molecule has 0 radical (unpaired) electrons. The van der Waals surface area contributed by atoms with Gasteiger partial charge in [0.1, 0.15) is 23.9 Å². The summed E-state index contributed by atoms with van der Waals surface area (Å²) in [7, 11) is 2.15. The second kappa shape index (κ2) is 25.2. The van der Waals surface area contributed by atoms with Gasteiger partial charge in [0.05, 0.1) is 41.4 Å². The summed E-state index contributed by atoms with van der Waals surface area (Å²) >= 11 is 6.84. The standard InChI is InChI=1S/C63H75ClN14O6/c1-6-56(81)77-31-30-76(37-45(77)18-22-65)58-48-21-25-75(53-13-9-11-42-10-8-12-51(64)57(42)53)38-52(48)67-63(68-58)84-39-47-32-46(36-71(47)5)73-26-28-74(29-27-73)62(83)43-19-23-72(24-20-43)35-41-14-16-44(17-15-41)78-59(69-70-60(78)61(82)66-7-2)50-33-49(40(3)4)54(79)34-55(50)80/h6,8-17,33-34,40,43,45-47,79-80H,1,7,18-21,23-32,35-39H2,2-5H3,(H,66,82)/t45-,46-,47-/m0/s1. The minimum Gasteiger partial charge on any atom is -0.508 e. The van der Waals surface area contributed by atoms with Gasteiger partial charge in [0, 0.05) is 118 Å². The lowest BCUT2D eigenvalue weighted by molar-refractivity contribution is -0.139. The van der Waals surface area contributed by atoms with E-state index in [1.807, 2.05) is 57.2 Å². The highest BCUT2D eigenvalue weighted by Crippen LogP contribution is 2.40. The SMILES string of the molecule is C=CC(=O)N1CCN(c2nc(OC[C@@H]3C[C@H](N4CCN(C(=O)C5CCN(Cc6ccc(-n7c(C(=O)NCC)nnc7-c7cc(C(C)C)c(O)cc7O)cc6)CC5)CC4)CN3C)nc3c2CCN(c2cccc4cccc(Cl)c24)C3)C[C@@H]1CC#N. The van der Waals surface area contributed by atoms with Crippen molar-refractivity contribution in [3.05, 3.63) is 119 Å². The average Bonchev–Trinajstić information content (AvgIpc) is 3.03. The maximum absolute atomic E-state index is 14.1. The Bertz CT molecular complexity index is 3460. The van der Waals surface area contributed by atoms with Crippen LogP contribution in [0.25, 0.3) is 27.8 Å². The molecule has 4 aromatic carbocycles. The van der Waals surface area contributed by atoms with Crippen LogP contribution in [0.2, 0.25) is 5.02 Å². The van der Waals surface area contributed by atoms with E-state index in [9.17, 15) is 29.9 Å². The van der Waals surface area contributed by atoms with Gasteiger partial charge in [-0.3, -0.25) is 33.7 Å². The second-order valence-corrected chi connectivity index (χ2v) is 23.6. The summed E-state index contributed by atoms with van der Waals surface area (Å²) in [6, 6.07) is 25.9. The van der Waals surface area contributed by atoms with Crippen molar-refractivity contribution in [2.75, 3.05) is 102 Å². The molecule has 440 valence electrons. The molecule has 4 fully saturated rings. The molecule has 3 atom stereocenters. The molecule has 4 saturated heterocycles. The molecule has 3 N–H and O–H groups in total. The fourth-order valence-electron chi connectivity index (χ4n) is 13.1. The minimum absolute atomic E-state index is 0.0155. The highest BCUT2D eigenvalue weighted by atomic mass is 35.5. The molecular weight excluding hydrogens is 1080 g/mol. The van der Waals surface area contributed by atoms with Gasteiger partial charge in [-0.2, -0.15) is 15.2 Å². The van der Waals surface area contributed by atoms with Crippen molar-refractivity contribution in [3.63, 3.8) is 0 Å². The van der Waals surface area contributed by atoms with Crippen LogP contribution in [0.4, 0.5) is 11.5 Å². The number of likely N-dealkylation sites (tertiary alicyclic amines) is 2. The molecule has 2 aromatic heterocycles. The molecule has 0 spiro atoms. The average molecular weight is 1160 g/mol. The number of anilines is 2. The van der Waals surface area contributed by atoms with Crippen molar-refractivity contribution >= 4 is 51.6 Å². The number of piperidine rings is 1. The Balaban J connectivity index is 0.692. The summed E-state index contributed by atoms with van der Waals surface area (Å²) < 4.78 is 8.27. The fourth-order valence-corrected chi connectivity index (χ4v) is 13.4. The number of phenolic OH excluding ortho intramolecular Hbond substituents is 2. The van der Waals surface area contributed by atoms with E-state index in [-0.39, 0.29) is 65.3 Å². The number of halogens is 1. The number of aromatic nitrogens is 5. The van der Waals surface area contributed by atoms with E-state index in [1.54, 1.807) is 15.5 Å². The number of hydrogen-bond acceptors (Lipinski definition) is 16. The number of phenols is 2. The highest BCUT2D eigenvalue weighted by Gasteiger charge is 2.39. The van der Waals surface area contributed by atoms with Crippen molar-refractivity contribution in [2.45, 2.75) is 90.0 Å². The summed E-state index contributed by atoms with van der Waals surface area (Å²) in [4.78, 5) is 66.0. The summed E-state index contributed by atoms with van der Waals surface area (Å²) in [6.45, 7) is 19.2. The van der Waals surface area contributed by atoms with E-state index in [0.29, 0.717) is 99.3 Å². The number of carbonyl (C=O) groups is 3. The number of likely N-dealkylation sites (N-methyl/N-ethyl adjacent to an activating group) is 1. The Hall–Kier alpha value is -7.83. The summed E-state index contributed by atoms with van der Waals surface area (Å²) in [5, 5.41) is 45.5. The normalized spacial score (nSPS) is 20.1. The number of piperazine rings is 2. The summed E-state index contributed by atoms with van der Waals surface area (Å²) in [5.74, 6) is 0.610. The second-order valence-electron chi connectivity index (χ2n) is 23.2. The van der Waals surface area contributed by atoms with Crippen molar-refractivity contribution in [1.82, 2.24) is 54.5 Å². The first-order valence-electron chi connectivity index (χ1n) is 29.5. The predicted molar refractivity (Wildman–Crippen MR) is 323 cm³/mol. The molecule has 7 heterocycles. The molecule has 5 aliphatic rings. The zero-order valence-electron chi connectivity index (χ0n) is 48.5. The van der Waals surface area contributed by atoms with Crippen LogP contribution in [0.15, 0.2) is 85.5 Å². The quantitative estimate of drug-likeness (QED) is 0.0832. The van der Waals surface area contributed by atoms with Crippen LogP contribution in [0, 0.1) is 17.2 Å². The van der Waals surface area contributed by atoms with Crippen LogP contribution in [0.3, 0.4) is 0 Å². The number of amides is 3. The van der Waals surface area contributed by atoms with Gasteiger partial charge in [0.25, 0.3) is 5.91 Å². The Labute approximate surface area is 495 Å². The maximum atomic E-state index is 14.1. The Morgan fingerprint density at radius 2 is 1.65 bits per heavy atom. The predicted octanol–water partition coefficient (Wildman–Crippen LogP) is 7.00. The fraction of sp³-hybridized carbons (Fsp3) is 0.460. The van der Waals surface area contributed by atoms with Crippen LogP contribution in [-0.4, -0.2) is 187 Å². The Kier molecular flexibility index (Phi) is 17.4. The third-order valence-electron chi connectivity index (χ3n) is 17.7. The zero-order valence-corrected chi connectivity index (χ0v) is 49.2.